The lowest BCUT2D eigenvalue weighted by Crippen LogP contribution is -2.13. The SMILES string of the molecule is COc1ccc(-c2csc(NC(=O)c3cc(C)ccc3C)n2)cc1C. The van der Waals surface area contributed by atoms with Crippen molar-refractivity contribution in [1.29, 1.82) is 0 Å². The molecule has 3 rings (SSSR count). The van der Waals surface area contributed by atoms with Crippen LogP contribution in [0.25, 0.3) is 11.3 Å². The molecule has 1 aromatic heterocycles. The zero-order valence-corrected chi connectivity index (χ0v) is 15.5. The molecule has 0 bridgehead atoms. The van der Waals surface area contributed by atoms with Crippen LogP contribution in [0, 0.1) is 20.8 Å². The van der Waals surface area contributed by atoms with Gasteiger partial charge in [-0.1, -0.05) is 17.7 Å². The number of nitrogens with one attached hydrogen (secondary N) is 1. The first-order chi connectivity index (χ1) is 12.0. The Morgan fingerprint density at radius 3 is 2.60 bits per heavy atom. The van der Waals surface area contributed by atoms with Gasteiger partial charge in [0.15, 0.2) is 5.13 Å². The molecule has 3 aromatic rings. The van der Waals surface area contributed by atoms with E-state index < -0.39 is 0 Å². The smallest absolute Gasteiger partial charge is 0.257 e. The number of amides is 1. The summed E-state index contributed by atoms with van der Waals surface area (Å²) in [5.74, 6) is 0.718. The topological polar surface area (TPSA) is 51.2 Å². The summed E-state index contributed by atoms with van der Waals surface area (Å²) in [7, 11) is 1.66. The van der Waals surface area contributed by atoms with E-state index >= 15 is 0 Å². The van der Waals surface area contributed by atoms with Crippen molar-refractivity contribution in [3.8, 4) is 17.0 Å². The van der Waals surface area contributed by atoms with Gasteiger partial charge in [-0.25, -0.2) is 4.98 Å². The molecule has 0 radical (unpaired) electrons. The lowest BCUT2D eigenvalue weighted by atomic mass is 10.1. The first-order valence-corrected chi connectivity index (χ1v) is 8.85. The summed E-state index contributed by atoms with van der Waals surface area (Å²) in [6.07, 6.45) is 0. The molecule has 2 aromatic carbocycles. The highest BCUT2D eigenvalue weighted by Crippen LogP contribution is 2.29. The lowest BCUT2D eigenvalue weighted by Gasteiger charge is -2.07. The van der Waals surface area contributed by atoms with Gasteiger partial charge in [-0.2, -0.15) is 0 Å². The normalized spacial score (nSPS) is 10.6. The van der Waals surface area contributed by atoms with Crippen LogP contribution in [0.3, 0.4) is 0 Å². The van der Waals surface area contributed by atoms with Gasteiger partial charge < -0.3 is 4.74 Å². The number of aromatic nitrogens is 1. The number of anilines is 1. The molecule has 0 atom stereocenters. The number of carbonyl (C=O) groups is 1. The third kappa shape index (κ3) is 3.72. The van der Waals surface area contributed by atoms with Crippen LogP contribution in [0.1, 0.15) is 27.0 Å². The summed E-state index contributed by atoms with van der Waals surface area (Å²) in [4.78, 5) is 17.0. The number of rotatable bonds is 4. The average Bonchev–Trinajstić information content (AvgIpc) is 3.05. The third-order valence-electron chi connectivity index (χ3n) is 4.05. The Bertz CT molecular complexity index is 931. The average molecular weight is 352 g/mol. The first kappa shape index (κ1) is 17.2. The van der Waals surface area contributed by atoms with Crippen LogP contribution in [0.4, 0.5) is 5.13 Å². The quantitative estimate of drug-likeness (QED) is 0.719. The van der Waals surface area contributed by atoms with Gasteiger partial charge in [-0.3, -0.25) is 10.1 Å². The van der Waals surface area contributed by atoms with Crippen LogP contribution in [-0.4, -0.2) is 18.0 Å². The van der Waals surface area contributed by atoms with E-state index in [9.17, 15) is 4.79 Å². The lowest BCUT2D eigenvalue weighted by molar-refractivity contribution is 0.102. The molecule has 1 heterocycles. The van der Waals surface area contributed by atoms with Crippen LogP contribution in [0.5, 0.6) is 5.75 Å². The molecular formula is C20H20N2O2S. The van der Waals surface area contributed by atoms with Crippen molar-refractivity contribution in [3.05, 3.63) is 64.0 Å². The number of nitrogens with zero attached hydrogens (tertiary/aromatic N) is 1. The maximum Gasteiger partial charge on any atom is 0.257 e. The van der Waals surface area contributed by atoms with E-state index in [1.54, 1.807) is 7.11 Å². The summed E-state index contributed by atoms with van der Waals surface area (Å²) in [6.45, 7) is 5.91. The number of carbonyl (C=O) groups excluding carboxylic acids is 1. The van der Waals surface area contributed by atoms with E-state index in [-0.39, 0.29) is 5.91 Å². The molecule has 0 fully saturated rings. The molecule has 0 spiro atoms. The van der Waals surface area contributed by atoms with Crippen molar-refractivity contribution in [2.24, 2.45) is 0 Å². The highest BCUT2D eigenvalue weighted by molar-refractivity contribution is 7.14. The molecule has 0 aliphatic carbocycles. The fourth-order valence-electron chi connectivity index (χ4n) is 2.65. The summed E-state index contributed by atoms with van der Waals surface area (Å²) in [6, 6.07) is 11.8. The monoisotopic (exact) mass is 352 g/mol. The molecular weight excluding hydrogens is 332 g/mol. The number of hydrogen-bond acceptors (Lipinski definition) is 4. The fourth-order valence-corrected chi connectivity index (χ4v) is 3.36. The zero-order chi connectivity index (χ0) is 18.0. The molecule has 1 amide bonds. The van der Waals surface area contributed by atoms with E-state index in [2.05, 4.69) is 10.3 Å². The van der Waals surface area contributed by atoms with Crippen molar-refractivity contribution in [1.82, 2.24) is 4.98 Å². The summed E-state index contributed by atoms with van der Waals surface area (Å²) >= 11 is 1.42. The van der Waals surface area contributed by atoms with E-state index in [1.807, 2.05) is 62.5 Å². The number of thiazole rings is 1. The Labute approximate surface area is 151 Å². The minimum Gasteiger partial charge on any atom is -0.496 e. The van der Waals surface area contributed by atoms with Crippen molar-refractivity contribution in [2.45, 2.75) is 20.8 Å². The second-order valence-electron chi connectivity index (χ2n) is 5.99. The Balaban J connectivity index is 1.81. The molecule has 5 heteroatoms. The highest BCUT2D eigenvalue weighted by atomic mass is 32.1. The van der Waals surface area contributed by atoms with Crippen LogP contribution in [-0.2, 0) is 0 Å². The number of methoxy groups -OCH3 is 1. The minimum absolute atomic E-state index is 0.131. The molecule has 0 unspecified atom stereocenters. The van der Waals surface area contributed by atoms with Crippen LogP contribution in [0.2, 0.25) is 0 Å². The van der Waals surface area contributed by atoms with Crippen molar-refractivity contribution < 1.29 is 9.53 Å². The van der Waals surface area contributed by atoms with Gasteiger partial charge in [0.2, 0.25) is 0 Å². The Morgan fingerprint density at radius 2 is 1.88 bits per heavy atom. The van der Waals surface area contributed by atoms with E-state index in [4.69, 9.17) is 4.74 Å². The van der Waals surface area contributed by atoms with E-state index in [0.29, 0.717) is 10.7 Å². The Morgan fingerprint density at radius 1 is 1.08 bits per heavy atom. The number of ether oxygens (including phenoxy) is 1. The molecule has 0 saturated heterocycles. The van der Waals surface area contributed by atoms with Crippen molar-refractivity contribution >= 4 is 22.4 Å². The largest absolute Gasteiger partial charge is 0.496 e. The van der Waals surface area contributed by atoms with Crippen LogP contribution >= 0.6 is 11.3 Å². The van der Waals surface area contributed by atoms with Crippen LogP contribution in [0.15, 0.2) is 41.8 Å². The third-order valence-corrected chi connectivity index (χ3v) is 4.81. The maximum atomic E-state index is 12.5. The van der Waals surface area contributed by atoms with Gasteiger partial charge in [0.05, 0.1) is 12.8 Å². The predicted molar refractivity (Wildman–Crippen MR) is 103 cm³/mol. The van der Waals surface area contributed by atoms with Crippen molar-refractivity contribution in [3.63, 3.8) is 0 Å². The predicted octanol–water partition coefficient (Wildman–Crippen LogP) is 5.00. The fraction of sp³-hybridized carbons (Fsp3) is 0.200. The summed E-state index contributed by atoms with van der Waals surface area (Å²) < 4.78 is 5.29. The van der Waals surface area contributed by atoms with Gasteiger partial charge >= 0.3 is 0 Å². The van der Waals surface area contributed by atoms with Crippen molar-refractivity contribution in [2.75, 3.05) is 12.4 Å². The van der Waals surface area contributed by atoms with Gasteiger partial charge in [0.1, 0.15) is 5.75 Å². The molecule has 0 aliphatic rings. The van der Waals surface area contributed by atoms with Crippen LogP contribution < -0.4 is 10.1 Å². The second kappa shape index (κ2) is 7.07. The first-order valence-electron chi connectivity index (χ1n) is 7.97. The van der Waals surface area contributed by atoms with E-state index in [1.165, 1.54) is 11.3 Å². The molecule has 1 N–H and O–H groups in total. The van der Waals surface area contributed by atoms with Gasteiger partial charge in [-0.05, 0) is 56.2 Å². The number of benzene rings is 2. The molecule has 0 saturated carbocycles. The maximum absolute atomic E-state index is 12.5. The summed E-state index contributed by atoms with van der Waals surface area (Å²) in [5, 5.41) is 5.43. The second-order valence-corrected chi connectivity index (χ2v) is 6.85. The minimum atomic E-state index is -0.131. The Hall–Kier alpha value is -2.66. The zero-order valence-electron chi connectivity index (χ0n) is 14.7. The number of aryl methyl sites for hydroxylation is 3. The highest BCUT2D eigenvalue weighted by Gasteiger charge is 2.13. The van der Waals surface area contributed by atoms with Gasteiger partial charge in [-0.15, -0.1) is 11.3 Å². The standard InChI is InChI=1S/C20H20N2O2S/c1-12-5-6-13(2)16(9-12)19(23)22-20-21-17(11-25-20)15-7-8-18(24-4)14(3)10-15/h5-11H,1-4H3,(H,21,22,23). The molecule has 128 valence electrons. The molecule has 0 aliphatic heterocycles. The Kier molecular flexibility index (Phi) is 4.86. The van der Waals surface area contributed by atoms with Gasteiger partial charge in [0.25, 0.3) is 5.91 Å². The number of hydrogen-bond donors (Lipinski definition) is 1. The van der Waals surface area contributed by atoms with Gasteiger partial charge in [0, 0.05) is 16.5 Å². The summed E-state index contributed by atoms with van der Waals surface area (Å²) in [5.41, 5.74) is 5.58. The molecule has 25 heavy (non-hydrogen) atoms. The molecule has 4 nitrogen and oxygen atoms in total. The van der Waals surface area contributed by atoms with E-state index in [0.717, 1.165) is 33.7 Å².